The molecule has 5 rings (SSSR count). The minimum absolute atomic E-state index is 0.0391. The average molecular weight is 421 g/mol. The molecule has 0 aromatic heterocycles. The molecule has 2 aromatic rings. The van der Waals surface area contributed by atoms with Crippen molar-refractivity contribution in [1.29, 1.82) is 0 Å². The fourth-order valence-electron chi connectivity index (χ4n) is 4.94. The summed E-state index contributed by atoms with van der Waals surface area (Å²) >= 11 is 0. The first kappa shape index (κ1) is 19.9. The lowest BCUT2D eigenvalue weighted by Gasteiger charge is -2.35. The molecule has 1 N–H and O–H groups in total. The smallest absolute Gasteiger partial charge is 0.242 e. The van der Waals surface area contributed by atoms with Crippen molar-refractivity contribution in [3.63, 3.8) is 0 Å². The van der Waals surface area contributed by atoms with Gasteiger partial charge in [-0.2, -0.15) is 0 Å². The van der Waals surface area contributed by atoms with Gasteiger partial charge >= 0.3 is 0 Å². The molecule has 0 spiro atoms. The highest BCUT2D eigenvalue weighted by Gasteiger charge is 2.36. The summed E-state index contributed by atoms with van der Waals surface area (Å²) in [7, 11) is 0. The van der Waals surface area contributed by atoms with E-state index < -0.39 is 6.04 Å². The topological polar surface area (TPSA) is 67.9 Å². The van der Waals surface area contributed by atoms with Crippen LogP contribution in [0.5, 0.6) is 11.5 Å². The van der Waals surface area contributed by atoms with Gasteiger partial charge in [-0.25, -0.2) is 0 Å². The van der Waals surface area contributed by atoms with Crippen LogP contribution in [0.2, 0.25) is 0 Å². The quantitative estimate of drug-likeness (QED) is 0.825. The Morgan fingerprint density at radius 3 is 2.77 bits per heavy atom. The molecule has 1 fully saturated rings. The van der Waals surface area contributed by atoms with Crippen LogP contribution in [0.15, 0.2) is 42.5 Å². The second kappa shape index (κ2) is 8.61. The van der Waals surface area contributed by atoms with E-state index in [0.29, 0.717) is 25.3 Å². The molecular weight excluding hydrogens is 392 g/mol. The fourth-order valence-corrected chi connectivity index (χ4v) is 4.94. The van der Waals surface area contributed by atoms with Gasteiger partial charge in [0.1, 0.15) is 6.04 Å². The van der Waals surface area contributed by atoms with E-state index in [2.05, 4.69) is 23.5 Å². The Kier molecular flexibility index (Phi) is 5.53. The van der Waals surface area contributed by atoms with Gasteiger partial charge in [0.05, 0.1) is 0 Å². The van der Waals surface area contributed by atoms with Gasteiger partial charge < -0.3 is 19.7 Å². The first-order valence-corrected chi connectivity index (χ1v) is 11.2. The largest absolute Gasteiger partial charge is 0.454 e. The van der Waals surface area contributed by atoms with Crippen molar-refractivity contribution in [2.45, 2.75) is 51.1 Å². The minimum atomic E-state index is -0.433. The molecular formula is C25H28N2O4. The molecule has 3 aliphatic rings. The molecule has 0 saturated carbocycles. The number of carbonyl (C=O) groups excluding carboxylic acids is 2. The van der Waals surface area contributed by atoms with Gasteiger partial charge in [-0.05, 0) is 67.3 Å². The van der Waals surface area contributed by atoms with Crippen LogP contribution >= 0.6 is 0 Å². The van der Waals surface area contributed by atoms with Crippen molar-refractivity contribution in [1.82, 2.24) is 10.2 Å². The van der Waals surface area contributed by atoms with Crippen LogP contribution in [0.1, 0.15) is 42.4 Å². The normalized spacial score (nSPS) is 22.3. The van der Waals surface area contributed by atoms with Crippen molar-refractivity contribution in [3.8, 4) is 11.5 Å². The number of nitrogens with one attached hydrogen (secondary N) is 1. The maximum atomic E-state index is 13.8. The number of carbonyl (C=O) groups is 2. The average Bonchev–Trinajstić information content (AvgIpc) is 3.17. The van der Waals surface area contributed by atoms with E-state index in [4.69, 9.17) is 9.47 Å². The summed E-state index contributed by atoms with van der Waals surface area (Å²) in [4.78, 5) is 28.5. The first-order valence-electron chi connectivity index (χ1n) is 11.2. The number of amides is 2. The van der Waals surface area contributed by atoms with E-state index in [1.165, 1.54) is 11.1 Å². The predicted octanol–water partition coefficient (Wildman–Crippen LogP) is 3.22. The fraction of sp³-hybridized carbons (Fsp3) is 0.440. The Bertz CT molecular complexity index is 989. The van der Waals surface area contributed by atoms with Crippen molar-refractivity contribution in [3.05, 3.63) is 59.2 Å². The highest BCUT2D eigenvalue weighted by Crippen LogP contribution is 2.34. The van der Waals surface area contributed by atoms with Crippen molar-refractivity contribution >= 4 is 11.8 Å². The van der Waals surface area contributed by atoms with Gasteiger partial charge in [0, 0.05) is 19.0 Å². The summed E-state index contributed by atoms with van der Waals surface area (Å²) in [5.74, 6) is 1.36. The van der Waals surface area contributed by atoms with E-state index >= 15 is 0 Å². The molecule has 0 unspecified atom stereocenters. The SMILES string of the molecule is O=C1NCCCC[C@@H]1N(Cc1ccc2c(c1)OCO2)C(=O)[C@H]1CCc2ccccc2C1. The molecule has 6 heteroatoms. The number of hydrogen-bond donors (Lipinski definition) is 1. The molecule has 2 aromatic carbocycles. The van der Waals surface area contributed by atoms with Crippen LogP contribution in [0, 0.1) is 5.92 Å². The van der Waals surface area contributed by atoms with E-state index in [0.717, 1.165) is 43.4 Å². The third kappa shape index (κ3) is 4.11. The molecule has 2 atom stereocenters. The third-order valence-corrected chi connectivity index (χ3v) is 6.65. The molecule has 0 bridgehead atoms. The highest BCUT2D eigenvalue weighted by atomic mass is 16.7. The molecule has 31 heavy (non-hydrogen) atoms. The van der Waals surface area contributed by atoms with Gasteiger partial charge in [-0.1, -0.05) is 30.3 Å². The molecule has 2 heterocycles. The second-order valence-corrected chi connectivity index (χ2v) is 8.66. The number of benzene rings is 2. The number of nitrogens with zero attached hydrogens (tertiary/aromatic N) is 1. The number of fused-ring (bicyclic) bond motifs is 2. The maximum absolute atomic E-state index is 13.8. The molecule has 6 nitrogen and oxygen atoms in total. The summed E-state index contributed by atoms with van der Waals surface area (Å²) in [5.41, 5.74) is 3.53. The highest BCUT2D eigenvalue weighted by molar-refractivity contribution is 5.89. The Hall–Kier alpha value is -3.02. The van der Waals surface area contributed by atoms with Gasteiger partial charge in [0.25, 0.3) is 0 Å². The zero-order chi connectivity index (χ0) is 21.2. The van der Waals surface area contributed by atoms with Gasteiger partial charge in [-0.3, -0.25) is 9.59 Å². The number of aryl methyl sites for hydroxylation is 1. The summed E-state index contributed by atoms with van der Waals surface area (Å²) in [5, 5.41) is 3.00. The molecule has 2 amide bonds. The van der Waals surface area contributed by atoms with E-state index in [1.54, 1.807) is 0 Å². The maximum Gasteiger partial charge on any atom is 0.242 e. The van der Waals surface area contributed by atoms with Crippen LogP contribution in [0.25, 0.3) is 0 Å². The summed E-state index contributed by atoms with van der Waals surface area (Å²) in [6.07, 6.45) is 5.04. The Morgan fingerprint density at radius 2 is 1.87 bits per heavy atom. The Morgan fingerprint density at radius 1 is 1.03 bits per heavy atom. The van der Waals surface area contributed by atoms with Gasteiger partial charge in [0.2, 0.25) is 18.6 Å². The molecule has 0 radical (unpaired) electrons. The van der Waals surface area contributed by atoms with E-state index in [9.17, 15) is 9.59 Å². The van der Waals surface area contributed by atoms with Crippen LogP contribution in [-0.2, 0) is 29.0 Å². The van der Waals surface area contributed by atoms with Crippen LogP contribution in [-0.4, -0.2) is 36.1 Å². The lowest BCUT2D eigenvalue weighted by atomic mass is 9.83. The first-order chi connectivity index (χ1) is 15.2. The molecule has 1 saturated heterocycles. The zero-order valence-corrected chi connectivity index (χ0v) is 17.6. The van der Waals surface area contributed by atoms with Gasteiger partial charge in [-0.15, -0.1) is 0 Å². The van der Waals surface area contributed by atoms with E-state index in [-0.39, 0.29) is 24.5 Å². The molecule has 162 valence electrons. The molecule has 1 aliphatic carbocycles. The lowest BCUT2D eigenvalue weighted by Crippen LogP contribution is -2.50. The predicted molar refractivity (Wildman–Crippen MR) is 116 cm³/mol. The monoisotopic (exact) mass is 420 g/mol. The summed E-state index contributed by atoms with van der Waals surface area (Å²) < 4.78 is 10.9. The van der Waals surface area contributed by atoms with Gasteiger partial charge in [0.15, 0.2) is 11.5 Å². The summed E-state index contributed by atoms with van der Waals surface area (Å²) in [6, 6.07) is 13.7. The number of ether oxygens (including phenoxy) is 2. The lowest BCUT2D eigenvalue weighted by molar-refractivity contribution is -0.144. The Balaban J connectivity index is 1.42. The standard InChI is InChI=1S/C25H28N2O4/c28-24-21(7-3-4-12-26-24)27(15-17-8-11-22-23(13-17)31-16-30-22)25(29)20-10-9-18-5-1-2-6-19(18)14-20/h1-2,5-6,8,11,13,20-21H,3-4,7,9-10,12,14-16H2,(H,26,28)/t20-,21-/m0/s1. The van der Waals surface area contributed by atoms with Crippen LogP contribution in [0.4, 0.5) is 0 Å². The number of rotatable bonds is 4. The van der Waals surface area contributed by atoms with Crippen LogP contribution < -0.4 is 14.8 Å². The number of hydrogen-bond acceptors (Lipinski definition) is 4. The van der Waals surface area contributed by atoms with Crippen molar-refractivity contribution in [2.24, 2.45) is 5.92 Å². The van der Waals surface area contributed by atoms with E-state index in [1.807, 2.05) is 29.2 Å². The van der Waals surface area contributed by atoms with Crippen molar-refractivity contribution in [2.75, 3.05) is 13.3 Å². The second-order valence-electron chi connectivity index (χ2n) is 8.66. The minimum Gasteiger partial charge on any atom is -0.454 e. The van der Waals surface area contributed by atoms with Crippen molar-refractivity contribution < 1.29 is 19.1 Å². The Labute approximate surface area is 182 Å². The van der Waals surface area contributed by atoms with Crippen LogP contribution in [0.3, 0.4) is 0 Å². The molecule has 2 aliphatic heterocycles. The summed E-state index contributed by atoms with van der Waals surface area (Å²) in [6.45, 7) is 1.29. The zero-order valence-electron chi connectivity index (χ0n) is 17.6. The third-order valence-electron chi connectivity index (χ3n) is 6.65.